The van der Waals surface area contributed by atoms with Gasteiger partial charge < -0.3 is 5.11 Å². The lowest BCUT2D eigenvalue weighted by molar-refractivity contribution is -0.618. The normalized spacial score (nSPS) is 10.5. The van der Waals surface area contributed by atoms with Crippen LogP contribution in [0.15, 0.2) is 0 Å². The highest BCUT2D eigenvalue weighted by atomic mass is 17.7. The summed E-state index contributed by atoms with van der Waals surface area (Å²) < 4.78 is 0. The Balaban J connectivity index is 2.92. The molecule has 0 aliphatic carbocycles. The van der Waals surface area contributed by atoms with E-state index >= 15 is 0 Å². The maximum Gasteiger partial charge on any atom is 0.540 e. The zero-order valence-corrected chi connectivity index (χ0v) is 11.1. The summed E-state index contributed by atoms with van der Waals surface area (Å²) in [6.45, 7) is 2.58. The zero-order valence-electron chi connectivity index (χ0n) is 11.1. The van der Waals surface area contributed by atoms with E-state index in [4.69, 9.17) is 5.11 Å². The lowest BCUT2D eigenvalue weighted by Crippen LogP contribution is -2.04. The van der Waals surface area contributed by atoms with Crippen LogP contribution in [0.3, 0.4) is 0 Å². The van der Waals surface area contributed by atoms with Crippen molar-refractivity contribution in [1.29, 1.82) is 0 Å². The maximum atomic E-state index is 9.82. The lowest BCUT2D eigenvalue weighted by Gasteiger charge is -2.02. The molecule has 0 aromatic heterocycles. The van der Waals surface area contributed by atoms with Crippen molar-refractivity contribution in [1.82, 2.24) is 0 Å². The summed E-state index contributed by atoms with van der Waals surface area (Å²) in [4.78, 5) is 18.0. The highest BCUT2D eigenvalue weighted by molar-refractivity contribution is 5.55. The molecule has 0 radical (unpaired) electrons. The highest BCUT2D eigenvalue weighted by Gasteiger charge is 1.98. The van der Waals surface area contributed by atoms with Crippen LogP contribution in [0.4, 0.5) is 4.79 Å². The maximum absolute atomic E-state index is 9.82. The van der Waals surface area contributed by atoms with Gasteiger partial charge in [-0.15, -0.1) is 0 Å². The third kappa shape index (κ3) is 15.1. The molecule has 0 bridgehead atoms. The zero-order chi connectivity index (χ0) is 13.5. The van der Waals surface area contributed by atoms with Crippen LogP contribution in [0.2, 0.25) is 0 Å². The number of carboxylic acid groups (broad SMARTS) is 1. The van der Waals surface area contributed by atoms with Crippen molar-refractivity contribution in [2.24, 2.45) is 0 Å². The Labute approximate surface area is 108 Å². The smallest absolute Gasteiger partial charge is 0.448 e. The fourth-order valence-electron chi connectivity index (χ4n) is 1.57. The first-order chi connectivity index (χ1) is 8.77. The fourth-order valence-corrected chi connectivity index (χ4v) is 1.57. The molecule has 0 spiro atoms. The minimum atomic E-state index is -1.58. The first-order valence-corrected chi connectivity index (χ1v) is 6.63. The minimum Gasteiger partial charge on any atom is -0.448 e. The molecule has 1 N–H and O–H groups in total. The van der Waals surface area contributed by atoms with E-state index in [0.717, 1.165) is 12.8 Å². The van der Waals surface area contributed by atoms with Crippen molar-refractivity contribution in [3.05, 3.63) is 0 Å². The van der Waals surface area contributed by atoms with Crippen molar-refractivity contribution in [3.63, 3.8) is 0 Å². The number of carbonyl (C=O) groups is 1. The van der Waals surface area contributed by atoms with E-state index in [1.54, 1.807) is 0 Å². The Kier molecular flexibility index (Phi) is 13.5. The number of unbranched alkanes of at least 4 members (excludes halogenated alkanes) is 8. The van der Waals surface area contributed by atoms with Crippen molar-refractivity contribution in [2.45, 2.75) is 64.7 Å². The Hall–Kier alpha value is -0.850. The van der Waals surface area contributed by atoms with E-state index in [9.17, 15) is 4.79 Å². The van der Waals surface area contributed by atoms with Gasteiger partial charge >= 0.3 is 6.16 Å². The van der Waals surface area contributed by atoms with Crippen LogP contribution in [0.25, 0.3) is 0 Å². The predicted octanol–water partition coefficient (Wildman–Crippen LogP) is 4.01. The number of hydrogen-bond donors (Lipinski definition) is 1. The van der Waals surface area contributed by atoms with Crippen molar-refractivity contribution in [3.8, 4) is 0 Å². The minimum absolute atomic E-state index is 0.360. The summed E-state index contributed by atoms with van der Waals surface area (Å²) >= 11 is 0. The topological polar surface area (TPSA) is 74.2 Å². The van der Waals surface area contributed by atoms with E-state index in [0.29, 0.717) is 6.61 Å². The van der Waals surface area contributed by atoms with Gasteiger partial charge in [0, 0.05) is 5.04 Å². The van der Waals surface area contributed by atoms with Crippen molar-refractivity contribution >= 4 is 6.16 Å². The van der Waals surface area contributed by atoms with Gasteiger partial charge in [-0.2, -0.15) is 0 Å². The average molecular weight is 264 g/mol. The Bertz CT molecular complexity index is 185. The second-order valence-corrected chi connectivity index (χ2v) is 4.14. The van der Waals surface area contributed by atoms with Gasteiger partial charge in [-0.1, -0.05) is 58.3 Å². The molecule has 0 saturated carbocycles. The van der Waals surface area contributed by atoms with Crippen LogP contribution in [-0.2, 0) is 19.9 Å². The number of rotatable bonds is 13. The standard InChI is InChI=1S/C12H24O6/c1-2-3-4-5-6-7-8-9-10-11-15-17-18-16-12(13)14/h2-11H2,1H3,(H,13,14). The van der Waals surface area contributed by atoms with Gasteiger partial charge in [-0.25, -0.2) is 14.6 Å². The third-order valence-corrected chi connectivity index (χ3v) is 2.51. The van der Waals surface area contributed by atoms with Crippen LogP contribution in [0.1, 0.15) is 64.7 Å². The molecule has 108 valence electrons. The predicted molar refractivity (Wildman–Crippen MR) is 64.5 cm³/mol. The molecular weight excluding hydrogens is 240 g/mol. The van der Waals surface area contributed by atoms with Gasteiger partial charge in [0.1, 0.15) is 0 Å². The van der Waals surface area contributed by atoms with Gasteiger partial charge in [-0.05, 0) is 11.5 Å². The molecule has 0 atom stereocenters. The monoisotopic (exact) mass is 264 g/mol. The first kappa shape index (κ1) is 17.2. The Morgan fingerprint density at radius 1 is 0.889 bits per heavy atom. The quantitative estimate of drug-likeness (QED) is 0.308. The summed E-state index contributed by atoms with van der Waals surface area (Å²) in [5, 5.41) is 15.8. The molecule has 0 saturated heterocycles. The molecule has 0 aliphatic heterocycles. The summed E-state index contributed by atoms with van der Waals surface area (Å²) in [5.41, 5.74) is 0. The van der Waals surface area contributed by atoms with Crippen LogP contribution in [-0.4, -0.2) is 17.9 Å². The largest absolute Gasteiger partial charge is 0.540 e. The SMILES string of the molecule is CCCCCCCCCCCOOOOC(=O)O. The molecule has 0 heterocycles. The molecular formula is C12H24O6. The fraction of sp³-hybridized carbons (Fsp3) is 0.917. The molecule has 6 heteroatoms. The second-order valence-electron chi connectivity index (χ2n) is 4.14. The highest BCUT2D eigenvalue weighted by Crippen LogP contribution is 2.09. The molecule has 0 rings (SSSR count). The van der Waals surface area contributed by atoms with Crippen LogP contribution in [0, 0.1) is 0 Å². The molecule has 0 aromatic rings. The van der Waals surface area contributed by atoms with Gasteiger partial charge in [0.05, 0.1) is 6.61 Å². The van der Waals surface area contributed by atoms with Crippen LogP contribution < -0.4 is 0 Å². The molecule has 0 aromatic carbocycles. The van der Waals surface area contributed by atoms with Gasteiger partial charge in [0.25, 0.3) is 0 Å². The molecule has 18 heavy (non-hydrogen) atoms. The van der Waals surface area contributed by atoms with E-state index in [-0.39, 0.29) is 0 Å². The van der Waals surface area contributed by atoms with Crippen molar-refractivity contribution < 1.29 is 29.8 Å². The molecule has 0 aliphatic rings. The van der Waals surface area contributed by atoms with Gasteiger partial charge in [0.2, 0.25) is 0 Å². The third-order valence-electron chi connectivity index (χ3n) is 2.51. The first-order valence-electron chi connectivity index (χ1n) is 6.63. The Morgan fingerprint density at radius 3 is 2.00 bits per heavy atom. The van der Waals surface area contributed by atoms with E-state index < -0.39 is 6.16 Å². The molecule has 0 unspecified atom stereocenters. The Morgan fingerprint density at radius 2 is 1.44 bits per heavy atom. The second kappa shape index (κ2) is 14.2. The van der Waals surface area contributed by atoms with Crippen LogP contribution >= 0.6 is 0 Å². The van der Waals surface area contributed by atoms with E-state index in [1.165, 1.54) is 44.9 Å². The summed E-state index contributed by atoms with van der Waals surface area (Å²) in [7, 11) is 0. The summed E-state index contributed by atoms with van der Waals surface area (Å²) in [6.07, 6.45) is 9.36. The van der Waals surface area contributed by atoms with E-state index in [2.05, 4.69) is 26.8 Å². The van der Waals surface area contributed by atoms with E-state index in [1.807, 2.05) is 0 Å². The molecule has 6 nitrogen and oxygen atoms in total. The van der Waals surface area contributed by atoms with Gasteiger partial charge in [-0.3, -0.25) is 0 Å². The van der Waals surface area contributed by atoms with Crippen LogP contribution in [0.5, 0.6) is 0 Å². The molecule has 0 amide bonds. The van der Waals surface area contributed by atoms with Gasteiger partial charge in [0.15, 0.2) is 0 Å². The number of hydrogen-bond acceptors (Lipinski definition) is 5. The summed E-state index contributed by atoms with van der Waals surface area (Å²) in [6, 6.07) is 0. The van der Waals surface area contributed by atoms with Crippen molar-refractivity contribution in [2.75, 3.05) is 6.61 Å². The molecule has 0 fully saturated rings. The average Bonchev–Trinajstić information content (AvgIpc) is 2.34. The summed E-state index contributed by atoms with van der Waals surface area (Å²) in [5.74, 6) is 0. The lowest BCUT2D eigenvalue weighted by atomic mass is 10.1.